The number of hydrogen-bond donors (Lipinski definition) is 2. The summed E-state index contributed by atoms with van der Waals surface area (Å²) in [4.78, 5) is 9.85. The van der Waals surface area contributed by atoms with Crippen molar-refractivity contribution in [1.82, 2.24) is 20.2 Å². The summed E-state index contributed by atoms with van der Waals surface area (Å²) < 4.78 is 0. The Morgan fingerprint density at radius 1 is 1.25 bits per heavy atom. The average molecular weight is 272 g/mol. The Labute approximate surface area is 121 Å². The van der Waals surface area contributed by atoms with E-state index >= 15 is 0 Å². The summed E-state index contributed by atoms with van der Waals surface area (Å²) >= 11 is 0. The number of aromatic amines is 1. The van der Waals surface area contributed by atoms with Crippen LogP contribution >= 0.6 is 0 Å². The van der Waals surface area contributed by atoms with Gasteiger partial charge in [0.1, 0.15) is 5.82 Å². The van der Waals surface area contributed by atoms with Crippen LogP contribution in [0.3, 0.4) is 0 Å². The quantitative estimate of drug-likeness (QED) is 0.849. The van der Waals surface area contributed by atoms with E-state index in [2.05, 4.69) is 72.4 Å². The van der Waals surface area contributed by atoms with Crippen molar-refractivity contribution in [3.63, 3.8) is 0 Å². The molecule has 0 spiro atoms. The maximum absolute atomic E-state index is 4.41. The zero-order valence-corrected chi connectivity index (χ0v) is 12.7. The van der Waals surface area contributed by atoms with Crippen LogP contribution in [0, 0.1) is 0 Å². The lowest BCUT2D eigenvalue weighted by Gasteiger charge is -2.34. The first-order chi connectivity index (χ1) is 9.50. The van der Waals surface area contributed by atoms with Gasteiger partial charge in [0.05, 0.1) is 6.04 Å². The molecule has 0 aliphatic carbocycles. The third-order valence-corrected chi connectivity index (χ3v) is 3.88. The maximum Gasteiger partial charge on any atom is 0.127 e. The Bertz CT molecular complexity index is 503. The molecule has 0 saturated carbocycles. The van der Waals surface area contributed by atoms with Crippen molar-refractivity contribution in [3.05, 3.63) is 54.1 Å². The fraction of sp³-hybridized carbons (Fsp3) is 0.438. The molecule has 4 heteroatoms. The van der Waals surface area contributed by atoms with Crippen molar-refractivity contribution < 1.29 is 0 Å². The van der Waals surface area contributed by atoms with E-state index in [0.717, 1.165) is 12.4 Å². The van der Waals surface area contributed by atoms with Gasteiger partial charge < -0.3 is 15.2 Å². The molecular formula is C16H24N4. The topological polar surface area (TPSA) is 44.0 Å². The first-order valence-corrected chi connectivity index (χ1v) is 6.96. The predicted octanol–water partition coefficient (Wildman–Crippen LogP) is 2.43. The molecule has 1 unspecified atom stereocenters. The van der Waals surface area contributed by atoms with Gasteiger partial charge in [-0.15, -0.1) is 0 Å². The van der Waals surface area contributed by atoms with E-state index in [1.807, 2.05) is 12.3 Å². The summed E-state index contributed by atoms with van der Waals surface area (Å²) in [6.45, 7) is 5.33. The molecule has 2 N–H and O–H groups in total. The monoisotopic (exact) mass is 272 g/mol. The predicted molar refractivity (Wildman–Crippen MR) is 82.6 cm³/mol. The molecule has 0 aliphatic heterocycles. The summed E-state index contributed by atoms with van der Waals surface area (Å²) in [5, 5.41) is 3.62. The standard InChI is InChI=1S/C16H24N4/c1-16(2,20(3)4)12-19-14(15-17-10-11-18-15)13-8-6-5-7-9-13/h5-11,14,19H,12H2,1-4H3,(H,17,18). The van der Waals surface area contributed by atoms with Crippen molar-refractivity contribution in [2.45, 2.75) is 25.4 Å². The highest BCUT2D eigenvalue weighted by molar-refractivity contribution is 5.24. The molecule has 1 aromatic carbocycles. The van der Waals surface area contributed by atoms with Gasteiger partial charge in [-0.25, -0.2) is 4.98 Å². The Balaban J connectivity index is 2.17. The number of imidazole rings is 1. The minimum atomic E-state index is 0.0830. The highest BCUT2D eigenvalue weighted by Gasteiger charge is 2.24. The van der Waals surface area contributed by atoms with Gasteiger partial charge in [-0.3, -0.25) is 0 Å². The van der Waals surface area contributed by atoms with Crippen LogP contribution in [0.2, 0.25) is 0 Å². The fourth-order valence-corrected chi connectivity index (χ4v) is 1.96. The van der Waals surface area contributed by atoms with Crippen molar-refractivity contribution in [2.24, 2.45) is 0 Å². The van der Waals surface area contributed by atoms with Crippen LogP contribution in [0.25, 0.3) is 0 Å². The molecule has 0 saturated heterocycles. The van der Waals surface area contributed by atoms with Gasteiger partial charge in [0.15, 0.2) is 0 Å². The normalized spacial score (nSPS) is 13.7. The molecular weight excluding hydrogens is 248 g/mol. The summed E-state index contributed by atoms with van der Waals surface area (Å²) in [7, 11) is 4.21. The van der Waals surface area contributed by atoms with E-state index in [0.29, 0.717) is 0 Å². The van der Waals surface area contributed by atoms with Gasteiger partial charge in [0.25, 0.3) is 0 Å². The van der Waals surface area contributed by atoms with E-state index in [1.54, 1.807) is 6.20 Å². The molecule has 0 amide bonds. The smallest absolute Gasteiger partial charge is 0.127 e. The van der Waals surface area contributed by atoms with E-state index in [9.17, 15) is 0 Å². The number of nitrogens with zero attached hydrogens (tertiary/aromatic N) is 2. The molecule has 4 nitrogen and oxygen atoms in total. The second-order valence-corrected chi connectivity index (χ2v) is 5.91. The molecule has 108 valence electrons. The number of rotatable bonds is 6. The van der Waals surface area contributed by atoms with Crippen LogP contribution in [0.15, 0.2) is 42.7 Å². The van der Waals surface area contributed by atoms with Crippen LogP contribution in [0.4, 0.5) is 0 Å². The maximum atomic E-state index is 4.41. The molecule has 0 fully saturated rings. The number of likely N-dealkylation sites (N-methyl/N-ethyl adjacent to an activating group) is 1. The number of aromatic nitrogens is 2. The number of hydrogen-bond acceptors (Lipinski definition) is 3. The van der Waals surface area contributed by atoms with E-state index < -0.39 is 0 Å². The Morgan fingerprint density at radius 3 is 2.50 bits per heavy atom. The second-order valence-electron chi connectivity index (χ2n) is 5.91. The Hall–Kier alpha value is -1.65. The molecule has 20 heavy (non-hydrogen) atoms. The van der Waals surface area contributed by atoms with Crippen molar-refractivity contribution in [3.8, 4) is 0 Å². The summed E-state index contributed by atoms with van der Waals surface area (Å²) in [6.07, 6.45) is 3.66. The third kappa shape index (κ3) is 3.46. The molecule has 2 aromatic rings. The number of nitrogens with one attached hydrogen (secondary N) is 2. The largest absolute Gasteiger partial charge is 0.347 e. The first kappa shape index (κ1) is 14.8. The van der Waals surface area contributed by atoms with Gasteiger partial charge in [-0.1, -0.05) is 30.3 Å². The molecule has 0 radical (unpaired) electrons. The molecule has 0 bridgehead atoms. The molecule has 0 aliphatic rings. The lowest BCUT2D eigenvalue weighted by atomic mass is 10.0. The van der Waals surface area contributed by atoms with E-state index in [4.69, 9.17) is 0 Å². The summed E-state index contributed by atoms with van der Waals surface area (Å²) in [6, 6.07) is 10.5. The van der Waals surface area contributed by atoms with Gasteiger partial charge in [0, 0.05) is 24.5 Å². The molecule has 2 rings (SSSR count). The molecule has 1 atom stereocenters. The van der Waals surface area contributed by atoms with E-state index in [1.165, 1.54) is 5.56 Å². The lowest BCUT2D eigenvalue weighted by Crippen LogP contribution is -2.47. The summed E-state index contributed by atoms with van der Waals surface area (Å²) in [5.41, 5.74) is 1.30. The Morgan fingerprint density at radius 2 is 1.95 bits per heavy atom. The van der Waals surface area contributed by atoms with Crippen LogP contribution in [-0.4, -0.2) is 41.0 Å². The second kappa shape index (κ2) is 6.20. The van der Waals surface area contributed by atoms with Crippen LogP contribution in [0.5, 0.6) is 0 Å². The highest BCUT2D eigenvalue weighted by Crippen LogP contribution is 2.20. The lowest BCUT2D eigenvalue weighted by molar-refractivity contribution is 0.186. The highest BCUT2D eigenvalue weighted by atomic mass is 15.2. The zero-order valence-electron chi connectivity index (χ0n) is 12.7. The average Bonchev–Trinajstić information content (AvgIpc) is 2.94. The van der Waals surface area contributed by atoms with Gasteiger partial charge in [0.2, 0.25) is 0 Å². The van der Waals surface area contributed by atoms with Crippen molar-refractivity contribution in [1.29, 1.82) is 0 Å². The van der Waals surface area contributed by atoms with Crippen molar-refractivity contribution in [2.75, 3.05) is 20.6 Å². The van der Waals surface area contributed by atoms with Crippen LogP contribution < -0.4 is 5.32 Å². The van der Waals surface area contributed by atoms with Crippen LogP contribution in [-0.2, 0) is 0 Å². The summed E-state index contributed by atoms with van der Waals surface area (Å²) in [5.74, 6) is 0.950. The van der Waals surface area contributed by atoms with Gasteiger partial charge in [-0.05, 0) is 33.5 Å². The first-order valence-electron chi connectivity index (χ1n) is 6.96. The van der Waals surface area contributed by atoms with Gasteiger partial charge >= 0.3 is 0 Å². The van der Waals surface area contributed by atoms with Crippen LogP contribution in [0.1, 0.15) is 31.3 Å². The minimum Gasteiger partial charge on any atom is -0.347 e. The van der Waals surface area contributed by atoms with Gasteiger partial charge in [-0.2, -0.15) is 0 Å². The Kier molecular flexibility index (Phi) is 4.57. The number of H-pyrrole nitrogens is 1. The third-order valence-electron chi connectivity index (χ3n) is 3.88. The zero-order chi connectivity index (χ0) is 14.6. The van der Waals surface area contributed by atoms with E-state index in [-0.39, 0.29) is 11.6 Å². The molecule has 1 aromatic heterocycles. The molecule has 1 heterocycles. The number of benzene rings is 1. The fourth-order valence-electron chi connectivity index (χ4n) is 1.96. The minimum absolute atomic E-state index is 0.0830. The SMILES string of the molecule is CN(C)C(C)(C)CNC(c1ccccc1)c1ncc[nH]1. The van der Waals surface area contributed by atoms with Crippen molar-refractivity contribution >= 4 is 0 Å².